The van der Waals surface area contributed by atoms with E-state index in [2.05, 4.69) is 319 Å². The van der Waals surface area contributed by atoms with E-state index in [1.54, 1.807) is 0 Å². The second-order valence-electron chi connectivity index (χ2n) is 22.4. The molecule has 0 aliphatic heterocycles. The Morgan fingerprint density at radius 1 is 0.202 bits per heavy atom. The van der Waals surface area contributed by atoms with Crippen molar-refractivity contribution < 1.29 is 0 Å². The summed E-state index contributed by atoms with van der Waals surface area (Å²) in [5, 5.41) is 14.8. The number of fused-ring (bicyclic) bond motifs is 18. The summed E-state index contributed by atoms with van der Waals surface area (Å²) in [5.41, 5.74) is 21.0. The van der Waals surface area contributed by atoms with Crippen molar-refractivity contribution in [1.29, 1.82) is 0 Å². The lowest BCUT2D eigenvalue weighted by Crippen LogP contribution is -2.10. The summed E-state index contributed by atoms with van der Waals surface area (Å²) in [5.74, 6) is 0. The van der Waals surface area contributed by atoms with Crippen LogP contribution in [-0.2, 0) is 0 Å². The average molecular weight is 1070 g/mol. The van der Waals surface area contributed by atoms with Crippen LogP contribution in [-0.4, -0.2) is 17.9 Å². The van der Waals surface area contributed by atoms with Crippen molar-refractivity contribution in [2.75, 3.05) is 9.80 Å². The molecule has 19 aromatic rings. The van der Waals surface area contributed by atoms with E-state index in [0.717, 1.165) is 45.5 Å². The molecule has 0 saturated heterocycles. The van der Waals surface area contributed by atoms with Crippen LogP contribution in [0, 0.1) is 0 Å². The van der Waals surface area contributed by atoms with Crippen molar-refractivity contribution in [3.8, 4) is 11.4 Å². The van der Waals surface area contributed by atoms with Crippen LogP contribution < -0.4 is 9.80 Å². The van der Waals surface area contributed by atoms with Crippen LogP contribution in [0.1, 0.15) is 0 Å². The first-order valence-electron chi connectivity index (χ1n) is 28.9. The lowest BCUT2D eigenvalue weighted by Gasteiger charge is -2.26. The summed E-state index contributed by atoms with van der Waals surface area (Å²) in [6.07, 6.45) is 0. The molecule has 0 aliphatic rings. The highest BCUT2D eigenvalue weighted by atomic mass is 15.2. The zero-order valence-electron chi connectivity index (χ0n) is 45.4. The highest BCUT2D eigenvalue weighted by Crippen LogP contribution is 2.51. The van der Waals surface area contributed by atoms with Crippen LogP contribution in [0.25, 0.3) is 131 Å². The normalized spacial score (nSPS) is 12.3. The van der Waals surface area contributed by atoms with Crippen LogP contribution in [0.15, 0.2) is 291 Å². The molecule has 0 N–H and O–H groups in total. The van der Waals surface area contributed by atoms with Crippen LogP contribution in [0.4, 0.5) is 34.1 Å². The molecule has 0 radical (unpaired) electrons. The van der Waals surface area contributed by atoms with Gasteiger partial charge in [-0.05, 0) is 133 Å². The molecular formula is C78H48N6. The highest BCUT2D eigenvalue weighted by molar-refractivity contribution is 6.31. The van der Waals surface area contributed by atoms with Gasteiger partial charge in [-0.25, -0.2) is 0 Å². The summed E-state index contributed by atoms with van der Waals surface area (Å²) in [6.45, 7) is 0. The highest BCUT2D eigenvalue weighted by Gasteiger charge is 2.28. The fourth-order valence-electron chi connectivity index (χ4n) is 14.8. The van der Waals surface area contributed by atoms with E-state index < -0.39 is 0 Å². The average Bonchev–Trinajstić information content (AvgIpc) is 1.81. The molecule has 0 unspecified atom stereocenters. The van der Waals surface area contributed by atoms with Crippen LogP contribution in [0.5, 0.6) is 0 Å². The maximum absolute atomic E-state index is 2.55. The van der Waals surface area contributed by atoms with Crippen LogP contribution in [0.3, 0.4) is 0 Å². The van der Waals surface area contributed by atoms with Gasteiger partial charge in [-0.2, -0.15) is 0 Å². The van der Waals surface area contributed by atoms with Gasteiger partial charge in [-0.15, -0.1) is 0 Å². The van der Waals surface area contributed by atoms with Crippen molar-refractivity contribution in [2.24, 2.45) is 0 Å². The molecule has 13 aromatic carbocycles. The second-order valence-corrected chi connectivity index (χ2v) is 22.4. The van der Waals surface area contributed by atoms with Gasteiger partial charge < -0.3 is 27.7 Å². The molecule has 6 nitrogen and oxygen atoms in total. The van der Waals surface area contributed by atoms with E-state index in [4.69, 9.17) is 0 Å². The zero-order valence-corrected chi connectivity index (χ0v) is 45.4. The van der Waals surface area contributed by atoms with Gasteiger partial charge in [-0.3, -0.25) is 0 Å². The number of para-hydroxylation sites is 8. The molecular weight excluding hydrogens is 1020 g/mol. The summed E-state index contributed by atoms with van der Waals surface area (Å²) in [4.78, 5) is 4.93. The molecule has 0 amide bonds. The number of nitrogens with zero attached hydrogens (tertiary/aromatic N) is 6. The summed E-state index contributed by atoms with van der Waals surface area (Å²) in [6, 6.07) is 107. The summed E-state index contributed by atoms with van der Waals surface area (Å²) >= 11 is 0. The molecule has 84 heavy (non-hydrogen) atoms. The van der Waals surface area contributed by atoms with Gasteiger partial charge >= 0.3 is 0 Å². The largest absolute Gasteiger partial charge is 0.310 e. The number of anilines is 6. The molecule has 390 valence electrons. The van der Waals surface area contributed by atoms with Crippen LogP contribution in [0.2, 0.25) is 0 Å². The third kappa shape index (κ3) is 6.12. The second kappa shape index (κ2) is 17.1. The van der Waals surface area contributed by atoms with Crippen molar-refractivity contribution in [3.05, 3.63) is 291 Å². The van der Waals surface area contributed by atoms with E-state index in [1.165, 1.54) is 120 Å². The molecule has 6 heteroatoms. The Kier molecular flexibility index (Phi) is 9.24. The Labute approximate surface area is 481 Å². The van der Waals surface area contributed by atoms with E-state index in [-0.39, 0.29) is 0 Å². The monoisotopic (exact) mass is 1070 g/mol. The first-order chi connectivity index (χ1) is 41.7. The molecule has 0 aliphatic carbocycles. The molecule has 6 aromatic heterocycles. The minimum Gasteiger partial charge on any atom is -0.310 e. The number of hydrogen-bond donors (Lipinski definition) is 0. The first-order valence-corrected chi connectivity index (χ1v) is 28.9. The van der Waals surface area contributed by atoms with Gasteiger partial charge in [0.15, 0.2) is 0 Å². The van der Waals surface area contributed by atoms with E-state index in [0.29, 0.717) is 0 Å². The van der Waals surface area contributed by atoms with E-state index in [1.807, 2.05) is 0 Å². The minimum atomic E-state index is 1.11. The molecule has 0 spiro atoms. The lowest BCUT2D eigenvalue weighted by molar-refractivity contribution is 1.18. The molecule has 19 rings (SSSR count). The van der Waals surface area contributed by atoms with Gasteiger partial charge in [0.25, 0.3) is 0 Å². The molecule has 6 heterocycles. The van der Waals surface area contributed by atoms with Gasteiger partial charge in [0.2, 0.25) is 0 Å². The summed E-state index contributed by atoms with van der Waals surface area (Å²) < 4.78 is 9.88. The summed E-state index contributed by atoms with van der Waals surface area (Å²) in [7, 11) is 0. The fraction of sp³-hybridized carbons (Fsp3) is 0. The Balaban J connectivity index is 0.816. The van der Waals surface area contributed by atoms with E-state index in [9.17, 15) is 0 Å². The molecule has 0 atom stereocenters. The quantitative estimate of drug-likeness (QED) is 0.152. The van der Waals surface area contributed by atoms with Gasteiger partial charge in [0.1, 0.15) is 0 Å². The molecule has 0 saturated carbocycles. The molecule has 0 fully saturated rings. The van der Waals surface area contributed by atoms with Crippen molar-refractivity contribution in [2.45, 2.75) is 0 Å². The Hall–Kier alpha value is -11.3. The molecule has 0 bridgehead atoms. The van der Waals surface area contributed by atoms with Gasteiger partial charge in [-0.1, -0.05) is 158 Å². The Bertz CT molecular complexity index is 5490. The smallest absolute Gasteiger partial charge is 0.0621 e. The minimum absolute atomic E-state index is 1.11. The first kappa shape index (κ1) is 45.4. The zero-order chi connectivity index (χ0) is 54.7. The third-order valence-electron chi connectivity index (χ3n) is 18.1. The standard InChI is InChI=1S/C78H48N6/c1-5-21-49(22-6-1)79(53-41-43-67-61(45-53)55-29-13-15-35-65(55)81(67)51-25-9-3-10-26-51)69-37-19-39-71-75(69)59-33-17-31-57-63-48-74-64(47-73(63)83(71)77(57)59)58-32-18-34-60-76-70(38-20-40-72(76)84(74)78(58)60)80(50-23-7-2-8-24-50)54-42-44-68-62(46-54)56-30-14-16-36-66(56)82(68)52-27-11-4-12-28-52/h1-48H. The van der Waals surface area contributed by atoms with Gasteiger partial charge in [0.05, 0.1) is 66.5 Å². The SMILES string of the molecule is c1ccc(N(c2ccc3c(c2)c2ccccc2n3-c2ccccc2)c2cccc3c2c2cccc4c5cc6c(cc5n3c42)c2cccc3c4c(N(c5ccccc5)c5ccc7c(c5)c5ccccc5n7-c5ccccc5)cccc4n6c23)cc1. The van der Waals surface area contributed by atoms with Crippen LogP contribution >= 0.6 is 0 Å². The Morgan fingerprint density at radius 2 is 0.536 bits per heavy atom. The topological polar surface area (TPSA) is 25.2 Å². The number of benzene rings is 13. The van der Waals surface area contributed by atoms with Gasteiger partial charge in [0, 0.05) is 98.8 Å². The number of rotatable bonds is 8. The lowest BCUT2D eigenvalue weighted by atomic mass is 10.0. The number of aromatic nitrogens is 4. The third-order valence-corrected chi connectivity index (χ3v) is 18.1. The predicted molar refractivity (Wildman–Crippen MR) is 354 cm³/mol. The van der Waals surface area contributed by atoms with Crippen molar-refractivity contribution in [3.63, 3.8) is 0 Å². The maximum atomic E-state index is 2.55. The maximum Gasteiger partial charge on any atom is 0.0621 e. The predicted octanol–water partition coefficient (Wildman–Crippen LogP) is 21.1. The number of hydrogen-bond acceptors (Lipinski definition) is 2. The van der Waals surface area contributed by atoms with Crippen molar-refractivity contribution >= 4 is 154 Å². The Morgan fingerprint density at radius 3 is 0.976 bits per heavy atom. The fourth-order valence-corrected chi connectivity index (χ4v) is 14.8. The van der Waals surface area contributed by atoms with Crippen molar-refractivity contribution in [1.82, 2.24) is 17.9 Å². The van der Waals surface area contributed by atoms with E-state index >= 15 is 0 Å².